The molecule has 0 radical (unpaired) electrons. The Balaban J connectivity index is 1.64. The monoisotopic (exact) mass is 395 g/mol. The van der Waals surface area contributed by atoms with Crippen LogP contribution in [0, 0.1) is 13.8 Å². The average Bonchev–Trinajstić information content (AvgIpc) is 3.18. The number of carbonyl (C=O) groups is 1. The number of aromatic nitrogens is 2. The highest BCUT2D eigenvalue weighted by Crippen LogP contribution is 2.22. The molecule has 1 heterocycles. The molecule has 0 bridgehead atoms. The van der Waals surface area contributed by atoms with Gasteiger partial charge >= 0.3 is 0 Å². The van der Waals surface area contributed by atoms with Crippen molar-refractivity contribution in [2.75, 3.05) is 14.2 Å². The highest BCUT2D eigenvalue weighted by molar-refractivity contribution is 5.80. The van der Waals surface area contributed by atoms with Crippen molar-refractivity contribution >= 4 is 5.91 Å². The van der Waals surface area contributed by atoms with Gasteiger partial charge in [-0.05, 0) is 44.5 Å². The Labute approximate surface area is 170 Å². The number of hydrogen-bond donors (Lipinski definition) is 0. The second-order valence-electron chi connectivity index (χ2n) is 6.97. The quantitative estimate of drug-likeness (QED) is 0.606. The van der Waals surface area contributed by atoms with Gasteiger partial charge in [0.1, 0.15) is 11.5 Å². The maximum atomic E-state index is 12.7. The summed E-state index contributed by atoms with van der Waals surface area (Å²) in [7, 11) is 3.28. The molecular formula is C22H25N3O4. The summed E-state index contributed by atoms with van der Waals surface area (Å²) in [5.41, 5.74) is 2.92. The topological polar surface area (TPSA) is 77.7 Å². The zero-order valence-electron chi connectivity index (χ0n) is 17.3. The molecule has 3 aromatic rings. The lowest BCUT2D eigenvalue weighted by Gasteiger charge is -2.21. The number of rotatable bonds is 7. The van der Waals surface area contributed by atoms with E-state index in [9.17, 15) is 4.79 Å². The molecule has 1 amide bonds. The van der Waals surface area contributed by atoms with Gasteiger partial charge in [0.05, 0.1) is 13.7 Å². The van der Waals surface area contributed by atoms with Gasteiger partial charge < -0.3 is 18.9 Å². The molecule has 29 heavy (non-hydrogen) atoms. The molecule has 2 aromatic carbocycles. The van der Waals surface area contributed by atoms with Crippen LogP contribution < -0.4 is 9.47 Å². The summed E-state index contributed by atoms with van der Waals surface area (Å²) in [6, 6.07) is 13.2. The second kappa shape index (κ2) is 8.77. The molecule has 0 spiro atoms. The van der Waals surface area contributed by atoms with Gasteiger partial charge in [-0.3, -0.25) is 4.79 Å². The molecule has 0 aliphatic carbocycles. The molecule has 0 N–H and O–H groups in total. The minimum atomic E-state index is -0.637. The molecule has 7 heteroatoms. The van der Waals surface area contributed by atoms with E-state index in [4.69, 9.17) is 14.0 Å². The molecule has 0 saturated carbocycles. The number of methoxy groups -OCH3 is 1. The third kappa shape index (κ3) is 4.93. The van der Waals surface area contributed by atoms with Crippen LogP contribution in [0.25, 0.3) is 11.4 Å². The summed E-state index contributed by atoms with van der Waals surface area (Å²) < 4.78 is 16.4. The SMILES string of the molecule is COc1cccc(-c2noc(CN(C)C(=O)[C@@H](C)Oc3ccc(C)cc3C)n2)c1. The molecule has 1 aromatic heterocycles. The number of aryl methyl sites for hydroxylation is 2. The number of nitrogens with zero attached hydrogens (tertiary/aromatic N) is 3. The predicted octanol–water partition coefficient (Wildman–Crippen LogP) is 3.79. The summed E-state index contributed by atoms with van der Waals surface area (Å²) in [5, 5.41) is 4.00. The van der Waals surface area contributed by atoms with Gasteiger partial charge in [-0.1, -0.05) is 35.0 Å². The third-order valence-corrected chi connectivity index (χ3v) is 4.53. The molecular weight excluding hydrogens is 370 g/mol. The Morgan fingerprint density at radius 2 is 2.00 bits per heavy atom. The number of benzene rings is 2. The molecule has 7 nitrogen and oxygen atoms in total. The Morgan fingerprint density at radius 3 is 2.72 bits per heavy atom. The van der Waals surface area contributed by atoms with Crippen molar-refractivity contribution in [2.24, 2.45) is 0 Å². The van der Waals surface area contributed by atoms with E-state index in [-0.39, 0.29) is 12.5 Å². The van der Waals surface area contributed by atoms with E-state index in [1.807, 2.05) is 56.3 Å². The highest BCUT2D eigenvalue weighted by Gasteiger charge is 2.22. The number of likely N-dealkylation sites (N-methyl/N-ethyl adjacent to an activating group) is 1. The number of amides is 1. The molecule has 152 valence electrons. The lowest BCUT2D eigenvalue weighted by molar-refractivity contribution is -0.137. The van der Waals surface area contributed by atoms with Gasteiger partial charge in [-0.15, -0.1) is 0 Å². The average molecular weight is 395 g/mol. The summed E-state index contributed by atoms with van der Waals surface area (Å²) in [4.78, 5) is 18.6. The number of carbonyl (C=O) groups excluding carboxylic acids is 1. The van der Waals surface area contributed by atoms with Gasteiger partial charge in [0.25, 0.3) is 5.91 Å². The normalized spacial score (nSPS) is 11.8. The van der Waals surface area contributed by atoms with Gasteiger partial charge in [0.15, 0.2) is 6.10 Å². The molecule has 0 aliphatic heterocycles. The fourth-order valence-corrected chi connectivity index (χ4v) is 2.96. The fourth-order valence-electron chi connectivity index (χ4n) is 2.96. The van der Waals surface area contributed by atoms with Crippen LogP contribution in [0.2, 0.25) is 0 Å². The van der Waals surface area contributed by atoms with Crippen LogP contribution in [0.3, 0.4) is 0 Å². The van der Waals surface area contributed by atoms with Gasteiger partial charge in [0, 0.05) is 12.6 Å². The first-order valence-electron chi connectivity index (χ1n) is 9.33. The summed E-state index contributed by atoms with van der Waals surface area (Å²) in [5.74, 6) is 2.02. The van der Waals surface area contributed by atoms with E-state index in [1.54, 1.807) is 21.1 Å². The zero-order chi connectivity index (χ0) is 21.0. The van der Waals surface area contributed by atoms with Crippen molar-refractivity contribution in [3.8, 4) is 22.9 Å². The van der Waals surface area contributed by atoms with E-state index in [1.165, 1.54) is 4.90 Å². The van der Waals surface area contributed by atoms with Crippen molar-refractivity contribution in [3.05, 3.63) is 59.5 Å². The fraction of sp³-hybridized carbons (Fsp3) is 0.318. The Hall–Kier alpha value is -3.35. The Morgan fingerprint density at radius 1 is 1.21 bits per heavy atom. The third-order valence-electron chi connectivity index (χ3n) is 4.53. The maximum Gasteiger partial charge on any atom is 0.263 e. The van der Waals surface area contributed by atoms with Crippen molar-refractivity contribution in [2.45, 2.75) is 33.4 Å². The molecule has 0 unspecified atom stereocenters. The number of ether oxygens (including phenoxy) is 2. The van der Waals surface area contributed by atoms with Gasteiger partial charge in [-0.2, -0.15) is 4.98 Å². The van der Waals surface area contributed by atoms with Gasteiger partial charge in [0.2, 0.25) is 11.7 Å². The minimum absolute atomic E-state index is 0.175. The van der Waals surface area contributed by atoms with Crippen LogP contribution in [-0.4, -0.2) is 41.2 Å². The zero-order valence-corrected chi connectivity index (χ0v) is 17.3. The van der Waals surface area contributed by atoms with Crippen LogP contribution >= 0.6 is 0 Å². The molecule has 0 aliphatic rings. The van der Waals surface area contributed by atoms with Crippen LogP contribution in [0.5, 0.6) is 11.5 Å². The van der Waals surface area contributed by atoms with Crippen LogP contribution in [0.15, 0.2) is 47.0 Å². The lowest BCUT2D eigenvalue weighted by Crippen LogP contribution is -2.37. The van der Waals surface area contributed by atoms with Crippen molar-refractivity contribution < 1.29 is 18.8 Å². The summed E-state index contributed by atoms with van der Waals surface area (Å²) >= 11 is 0. The molecule has 3 rings (SSSR count). The highest BCUT2D eigenvalue weighted by atomic mass is 16.5. The summed E-state index contributed by atoms with van der Waals surface area (Å²) in [6.45, 7) is 5.90. The second-order valence-corrected chi connectivity index (χ2v) is 6.97. The van der Waals surface area contributed by atoms with Crippen molar-refractivity contribution in [1.82, 2.24) is 15.0 Å². The summed E-state index contributed by atoms with van der Waals surface area (Å²) in [6.07, 6.45) is -0.637. The van der Waals surface area contributed by atoms with Crippen LogP contribution in [0.4, 0.5) is 0 Å². The predicted molar refractivity (Wildman–Crippen MR) is 109 cm³/mol. The minimum Gasteiger partial charge on any atom is -0.497 e. The largest absolute Gasteiger partial charge is 0.497 e. The first-order chi connectivity index (χ1) is 13.9. The van der Waals surface area contributed by atoms with Crippen molar-refractivity contribution in [3.63, 3.8) is 0 Å². The van der Waals surface area contributed by atoms with E-state index in [2.05, 4.69) is 10.1 Å². The Kier molecular flexibility index (Phi) is 6.16. The first-order valence-corrected chi connectivity index (χ1v) is 9.33. The van der Waals surface area contributed by atoms with E-state index in [0.717, 1.165) is 16.7 Å². The first kappa shape index (κ1) is 20.4. The maximum absolute atomic E-state index is 12.7. The van der Waals surface area contributed by atoms with Crippen molar-refractivity contribution in [1.29, 1.82) is 0 Å². The van der Waals surface area contributed by atoms with E-state index in [0.29, 0.717) is 23.2 Å². The molecule has 0 saturated heterocycles. The van der Waals surface area contributed by atoms with Crippen LogP contribution in [-0.2, 0) is 11.3 Å². The Bertz CT molecular complexity index is 999. The van der Waals surface area contributed by atoms with Crippen LogP contribution in [0.1, 0.15) is 23.9 Å². The van der Waals surface area contributed by atoms with E-state index >= 15 is 0 Å². The standard InChI is InChI=1S/C22H25N3O4/c1-14-9-10-19(15(2)11-14)28-16(3)22(26)25(4)13-20-23-21(24-29-20)17-7-6-8-18(12-17)27-5/h6-12,16H,13H2,1-5H3/t16-/m1/s1. The smallest absolute Gasteiger partial charge is 0.263 e. The molecule has 1 atom stereocenters. The number of hydrogen-bond acceptors (Lipinski definition) is 6. The lowest BCUT2D eigenvalue weighted by atomic mass is 10.1. The molecule has 0 fully saturated rings. The van der Waals surface area contributed by atoms with E-state index < -0.39 is 6.10 Å². The van der Waals surface area contributed by atoms with Gasteiger partial charge in [-0.25, -0.2) is 0 Å².